The van der Waals surface area contributed by atoms with Crippen LogP contribution in [0, 0.1) is 0 Å². The number of benzene rings is 2. The van der Waals surface area contributed by atoms with Crippen molar-refractivity contribution in [2.24, 2.45) is 0 Å². The second kappa shape index (κ2) is 7.68. The van der Waals surface area contributed by atoms with Crippen molar-refractivity contribution in [1.29, 1.82) is 0 Å². The van der Waals surface area contributed by atoms with E-state index in [0.717, 1.165) is 11.1 Å². The minimum Gasteiger partial charge on any atom is -0.445 e. The molecule has 2 aromatic rings. The summed E-state index contributed by atoms with van der Waals surface area (Å²) in [5.74, 6) is 0. The van der Waals surface area contributed by atoms with Crippen LogP contribution in [0.1, 0.15) is 17.5 Å². The molecule has 0 saturated carbocycles. The van der Waals surface area contributed by atoms with Crippen molar-refractivity contribution in [2.45, 2.75) is 31.2 Å². The summed E-state index contributed by atoms with van der Waals surface area (Å²) in [6, 6.07) is 19.0. The number of β-amino-alcohol motifs (C(OH)–C–C–N with tert-alkyl or cyclic N) is 1. The van der Waals surface area contributed by atoms with Gasteiger partial charge in [0.2, 0.25) is 0 Å². The molecule has 0 aliphatic carbocycles. The quantitative estimate of drug-likeness (QED) is 0.896. The molecule has 3 rings (SSSR count). The number of carbonyl (C=O) groups excluding carboxylic acids is 1. The molecule has 2 aromatic carbocycles. The van der Waals surface area contributed by atoms with Crippen LogP contribution in [-0.4, -0.2) is 46.0 Å². The Balaban J connectivity index is 1.54. The van der Waals surface area contributed by atoms with E-state index in [4.69, 9.17) is 4.74 Å². The van der Waals surface area contributed by atoms with Crippen LogP contribution in [0.4, 0.5) is 4.79 Å². The van der Waals surface area contributed by atoms with Crippen LogP contribution in [0.25, 0.3) is 0 Å². The van der Waals surface area contributed by atoms with Gasteiger partial charge in [-0.25, -0.2) is 4.79 Å². The van der Waals surface area contributed by atoms with Crippen LogP contribution in [-0.2, 0) is 17.8 Å². The van der Waals surface area contributed by atoms with Gasteiger partial charge in [0.05, 0.1) is 12.1 Å². The molecule has 0 aromatic heterocycles. The Hall–Kier alpha value is -2.37. The van der Waals surface area contributed by atoms with Gasteiger partial charge in [0.25, 0.3) is 0 Å². The maximum absolute atomic E-state index is 12.2. The zero-order valence-corrected chi connectivity index (χ0v) is 14.0. The Bertz CT molecular complexity index is 691. The first-order valence-electron chi connectivity index (χ1n) is 8.47. The highest BCUT2D eigenvalue weighted by Crippen LogP contribution is 2.27. The van der Waals surface area contributed by atoms with Crippen molar-refractivity contribution >= 4 is 6.09 Å². The Morgan fingerprint density at radius 1 is 1.08 bits per heavy atom. The molecule has 1 saturated heterocycles. The summed E-state index contributed by atoms with van der Waals surface area (Å²) < 4.78 is 5.30. The molecule has 2 unspecified atom stereocenters. The standard InChI is InChI=1S/C20H23NO4/c22-18-14-21(19(23)25-15-17-9-5-2-6-10-17)12-11-20(18,24)13-16-7-3-1-4-8-16/h1-10,18,22,24H,11-15H2. The molecule has 0 spiro atoms. The average Bonchev–Trinajstić information content (AvgIpc) is 2.64. The molecule has 2 N–H and O–H groups in total. The molecule has 0 radical (unpaired) electrons. The molecule has 2 atom stereocenters. The van der Waals surface area contributed by atoms with E-state index in [0.29, 0.717) is 19.4 Å². The van der Waals surface area contributed by atoms with Crippen molar-refractivity contribution < 1.29 is 19.7 Å². The van der Waals surface area contributed by atoms with E-state index in [1.165, 1.54) is 4.90 Å². The minimum absolute atomic E-state index is 0.0664. The maximum Gasteiger partial charge on any atom is 0.410 e. The lowest BCUT2D eigenvalue weighted by molar-refractivity contribution is -0.114. The van der Waals surface area contributed by atoms with Crippen LogP contribution in [0.15, 0.2) is 60.7 Å². The topological polar surface area (TPSA) is 70.0 Å². The summed E-state index contributed by atoms with van der Waals surface area (Å²) >= 11 is 0. The number of aliphatic hydroxyl groups is 2. The molecule has 1 amide bonds. The van der Waals surface area contributed by atoms with Gasteiger partial charge in [0.1, 0.15) is 12.7 Å². The van der Waals surface area contributed by atoms with Crippen molar-refractivity contribution in [3.05, 3.63) is 71.8 Å². The van der Waals surface area contributed by atoms with E-state index >= 15 is 0 Å². The van der Waals surface area contributed by atoms with Gasteiger partial charge in [-0.2, -0.15) is 0 Å². The summed E-state index contributed by atoms with van der Waals surface area (Å²) in [6.45, 7) is 0.617. The molecule has 0 bridgehead atoms. The summed E-state index contributed by atoms with van der Waals surface area (Å²) in [7, 11) is 0. The zero-order chi connectivity index (χ0) is 17.7. The SMILES string of the molecule is O=C(OCc1ccccc1)N1CCC(O)(Cc2ccccc2)C(O)C1. The van der Waals surface area contributed by atoms with Gasteiger partial charge in [-0.1, -0.05) is 60.7 Å². The van der Waals surface area contributed by atoms with E-state index in [-0.39, 0.29) is 13.2 Å². The maximum atomic E-state index is 12.2. The number of amides is 1. The van der Waals surface area contributed by atoms with Crippen LogP contribution in [0.2, 0.25) is 0 Å². The van der Waals surface area contributed by atoms with Gasteiger partial charge in [0, 0.05) is 13.0 Å². The monoisotopic (exact) mass is 341 g/mol. The number of carbonyl (C=O) groups is 1. The molecular weight excluding hydrogens is 318 g/mol. The number of nitrogens with zero attached hydrogens (tertiary/aromatic N) is 1. The smallest absolute Gasteiger partial charge is 0.410 e. The molecule has 1 aliphatic heterocycles. The highest BCUT2D eigenvalue weighted by molar-refractivity contribution is 5.68. The normalized spacial score (nSPS) is 23.3. The highest BCUT2D eigenvalue weighted by atomic mass is 16.6. The van der Waals surface area contributed by atoms with E-state index in [2.05, 4.69) is 0 Å². The molecular formula is C20H23NO4. The first kappa shape index (κ1) is 17.5. The predicted molar refractivity (Wildman–Crippen MR) is 93.9 cm³/mol. The lowest BCUT2D eigenvalue weighted by Crippen LogP contribution is -2.57. The van der Waals surface area contributed by atoms with Crippen LogP contribution < -0.4 is 0 Å². The van der Waals surface area contributed by atoms with Crippen molar-refractivity contribution in [3.8, 4) is 0 Å². The molecule has 25 heavy (non-hydrogen) atoms. The fraction of sp³-hybridized carbons (Fsp3) is 0.350. The first-order valence-corrected chi connectivity index (χ1v) is 8.47. The molecule has 132 valence electrons. The van der Waals surface area contributed by atoms with E-state index in [1.54, 1.807) is 0 Å². The Kier molecular flexibility index (Phi) is 5.36. The third kappa shape index (κ3) is 4.38. The Morgan fingerprint density at radius 3 is 2.28 bits per heavy atom. The van der Waals surface area contributed by atoms with Gasteiger partial charge in [-0.05, 0) is 17.5 Å². The van der Waals surface area contributed by atoms with Gasteiger partial charge < -0.3 is 19.8 Å². The lowest BCUT2D eigenvalue weighted by atomic mass is 9.83. The first-order chi connectivity index (χ1) is 12.1. The highest BCUT2D eigenvalue weighted by Gasteiger charge is 2.42. The Morgan fingerprint density at radius 2 is 1.68 bits per heavy atom. The lowest BCUT2D eigenvalue weighted by Gasteiger charge is -2.41. The van der Waals surface area contributed by atoms with Gasteiger partial charge in [0.15, 0.2) is 0 Å². The molecule has 5 heteroatoms. The van der Waals surface area contributed by atoms with Crippen molar-refractivity contribution in [3.63, 3.8) is 0 Å². The van der Waals surface area contributed by atoms with E-state index < -0.39 is 17.8 Å². The summed E-state index contributed by atoms with van der Waals surface area (Å²) in [6.07, 6.45) is -0.804. The van der Waals surface area contributed by atoms with Crippen LogP contribution in [0.3, 0.4) is 0 Å². The predicted octanol–water partition coefficient (Wildman–Crippen LogP) is 2.36. The fourth-order valence-electron chi connectivity index (χ4n) is 3.10. The summed E-state index contributed by atoms with van der Waals surface area (Å²) in [4.78, 5) is 13.6. The molecule has 1 heterocycles. The number of likely N-dealkylation sites (tertiary alicyclic amines) is 1. The summed E-state index contributed by atoms with van der Waals surface area (Å²) in [5, 5.41) is 21.2. The van der Waals surface area contributed by atoms with Crippen LogP contribution in [0.5, 0.6) is 0 Å². The van der Waals surface area contributed by atoms with Gasteiger partial charge in [-0.15, -0.1) is 0 Å². The van der Waals surface area contributed by atoms with Gasteiger partial charge in [-0.3, -0.25) is 0 Å². The Labute approximate surface area is 147 Å². The van der Waals surface area contributed by atoms with Crippen molar-refractivity contribution in [2.75, 3.05) is 13.1 Å². The number of piperidine rings is 1. The second-order valence-corrected chi connectivity index (χ2v) is 6.52. The number of hydrogen-bond acceptors (Lipinski definition) is 4. The van der Waals surface area contributed by atoms with E-state index in [1.807, 2.05) is 60.7 Å². The number of ether oxygens (including phenoxy) is 1. The summed E-state index contributed by atoms with van der Waals surface area (Å²) in [5.41, 5.74) is 0.649. The minimum atomic E-state index is -1.22. The molecule has 1 fully saturated rings. The largest absolute Gasteiger partial charge is 0.445 e. The van der Waals surface area contributed by atoms with Crippen LogP contribution >= 0.6 is 0 Å². The molecule has 1 aliphatic rings. The van der Waals surface area contributed by atoms with Crippen molar-refractivity contribution in [1.82, 2.24) is 4.90 Å². The average molecular weight is 341 g/mol. The third-order valence-corrected chi connectivity index (χ3v) is 4.64. The number of aliphatic hydroxyl groups excluding tert-OH is 1. The molecule has 5 nitrogen and oxygen atoms in total. The zero-order valence-electron chi connectivity index (χ0n) is 14.0. The second-order valence-electron chi connectivity index (χ2n) is 6.52. The third-order valence-electron chi connectivity index (χ3n) is 4.64. The van der Waals surface area contributed by atoms with Gasteiger partial charge >= 0.3 is 6.09 Å². The van der Waals surface area contributed by atoms with E-state index in [9.17, 15) is 15.0 Å². The number of hydrogen-bond donors (Lipinski definition) is 2. The number of rotatable bonds is 4. The fourth-order valence-corrected chi connectivity index (χ4v) is 3.10.